The zero-order chi connectivity index (χ0) is 17.7. The molecule has 2 aromatic rings. The molecule has 0 aromatic heterocycles. The Kier molecular flexibility index (Phi) is 5.85. The first-order valence-corrected chi connectivity index (χ1v) is 7.44. The minimum absolute atomic E-state index is 0.00867. The highest BCUT2D eigenvalue weighted by Crippen LogP contribution is 2.32. The maximum Gasteiger partial charge on any atom is 0.417 e. The van der Waals surface area contributed by atoms with Crippen LogP contribution in [0.4, 0.5) is 13.2 Å². The smallest absolute Gasteiger partial charge is 0.375 e. The van der Waals surface area contributed by atoms with Crippen molar-refractivity contribution in [1.82, 2.24) is 5.32 Å². The van der Waals surface area contributed by atoms with Crippen molar-refractivity contribution in [3.63, 3.8) is 0 Å². The molecule has 0 aliphatic heterocycles. The molecule has 128 valence electrons. The Morgan fingerprint density at radius 3 is 2.42 bits per heavy atom. The van der Waals surface area contributed by atoms with Gasteiger partial charge in [-0.25, -0.2) is 0 Å². The molecule has 0 radical (unpaired) electrons. The lowest BCUT2D eigenvalue weighted by atomic mass is 10.1. The van der Waals surface area contributed by atoms with Crippen LogP contribution in [-0.2, 0) is 10.9 Å². The third-order valence-electron chi connectivity index (χ3n) is 3.46. The Balaban J connectivity index is 2.15. The fraction of sp³-hybridized carbons (Fsp3) is 0.235. The van der Waals surface area contributed by atoms with E-state index in [1.54, 1.807) is 24.3 Å². The summed E-state index contributed by atoms with van der Waals surface area (Å²) in [6.45, 7) is -0.00867. The lowest BCUT2D eigenvalue weighted by Gasteiger charge is -2.18. The van der Waals surface area contributed by atoms with Gasteiger partial charge in [0, 0.05) is 24.2 Å². The highest BCUT2D eigenvalue weighted by molar-refractivity contribution is 6.31. The Hall–Kier alpha value is -2.05. The van der Waals surface area contributed by atoms with E-state index < -0.39 is 29.3 Å². The summed E-state index contributed by atoms with van der Waals surface area (Å²) < 4.78 is 44.2. The van der Waals surface area contributed by atoms with Gasteiger partial charge in [0.2, 0.25) is 0 Å². The van der Waals surface area contributed by atoms with Crippen molar-refractivity contribution >= 4 is 17.5 Å². The quantitative estimate of drug-likeness (QED) is 0.857. The first-order valence-electron chi connectivity index (χ1n) is 7.06. The SMILES string of the molecule is CO[C@H](CNC(=O)c1ccccc1C(F)(F)F)c1ccccc1Cl. The number of nitrogens with one attached hydrogen (secondary N) is 1. The predicted octanol–water partition coefficient (Wildman–Crippen LogP) is 4.48. The maximum atomic E-state index is 13.0. The van der Waals surface area contributed by atoms with Crippen molar-refractivity contribution in [3.05, 3.63) is 70.2 Å². The van der Waals surface area contributed by atoms with Crippen LogP contribution in [0.3, 0.4) is 0 Å². The predicted molar refractivity (Wildman–Crippen MR) is 85.0 cm³/mol. The molecule has 1 N–H and O–H groups in total. The number of ether oxygens (including phenoxy) is 1. The van der Waals surface area contributed by atoms with Crippen LogP contribution in [0.1, 0.15) is 27.6 Å². The van der Waals surface area contributed by atoms with Gasteiger partial charge < -0.3 is 10.1 Å². The molecule has 0 unspecified atom stereocenters. The van der Waals surface area contributed by atoms with Crippen LogP contribution in [-0.4, -0.2) is 19.6 Å². The third kappa shape index (κ3) is 4.27. The van der Waals surface area contributed by atoms with Crippen LogP contribution in [0.25, 0.3) is 0 Å². The lowest BCUT2D eigenvalue weighted by molar-refractivity contribution is -0.137. The molecule has 3 nitrogen and oxygen atoms in total. The monoisotopic (exact) mass is 357 g/mol. The number of rotatable bonds is 5. The van der Waals surface area contributed by atoms with Crippen LogP contribution in [0.5, 0.6) is 0 Å². The molecule has 1 atom stereocenters. The van der Waals surface area contributed by atoms with Crippen LogP contribution in [0.15, 0.2) is 48.5 Å². The van der Waals surface area contributed by atoms with E-state index in [1.807, 2.05) is 0 Å². The Morgan fingerprint density at radius 1 is 1.17 bits per heavy atom. The number of benzene rings is 2. The molecule has 0 spiro atoms. The van der Waals surface area contributed by atoms with E-state index in [4.69, 9.17) is 16.3 Å². The number of carbonyl (C=O) groups is 1. The summed E-state index contributed by atoms with van der Waals surface area (Å²) in [5, 5.41) is 2.92. The van der Waals surface area contributed by atoms with E-state index in [0.717, 1.165) is 12.1 Å². The van der Waals surface area contributed by atoms with E-state index in [0.29, 0.717) is 10.6 Å². The van der Waals surface area contributed by atoms with Gasteiger partial charge >= 0.3 is 6.18 Å². The summed E-state index contributed by atoms with van der Waals surface area (Å²) in [5.41, 5.74) is -0.765. The van der Waals surface area contributed by atoms with Gasteiger partial charge in [-0.15, -0.1) is 0 Å². The normalized spacial score (nSPS) is 12.7. The van der Waals surface area contributed by atoms with Crippen molar-refractivity contribution in [3.8, 4) is 0 Å². The summed E-state index contributed by atoms with van der Waals surface area (Å²) in [4.78, 5) is 12.1. The van der Waals surface area contributed by atoms with Gasteiger partial charge in [0.1, 0.15) is 6.10 Å². The van der Waals surface area contributed by atoms with E-state index in [9.17, 15) is 18.0 Å². The number of amides is 1. The number of hydrogen-bond acceptors (Lipinski definition) is 2. The average Bonchev–Trinajstić information content (AvgIpc) is 2.56. The van der Waals surface area contributed by atoms with Gasteiger partial charge in [-0.1, -0.05) is 41.9 Å². The molecule has 0 heterocycles. The van der Waals surface area contributed by atoms with E-state index in [1.165, 1.54) is 19.2 Å². The van der Waals surface area contributed by atoms with Crippen molar-refractivity contribution in [2.45, 2.75) is 12.3 Å². The molecule has 0 aliphatic rings. The minimum atomic E-state index is -4.60. The van der Waals surface area contributed by atoms with E-state index in [-0.39, 0.29) is 6.54 Å². The maximum absolute atomic E-state index is 13.0. The molecule has 1 amide bonds. The zero-order valence-corrected chi connectivity index (χ0v) is 13.5. The number of alkyl halides is 3. The van der Waals surface area contributed by atoms with Gasteiger partial charge in [-0.3, -0.25) is 4.79 Å². The van der Waals surface area contributed by atoms with Crippen molar-refractivity contribution in [1.29, 1.82) is 0 Å². The second-order valence-corrected chi connectivity index (χ2v) is 5.41. The molecule has 0 aliphatic carbocycles. The van der Waals surface area contributed by atoms with E-state index in [2.05, 4.69) is 5.32 Å². The van der Waals surface area contributed by atoms with Crippen molar-refractivity contribution < 1.29 is 22.7 Å². The number of hydrogen-bond donors (Lipinski definition) is 1. The van der Waals surface area contributed by atoms with Gasteiger partial charge in [0.05, 0.1) is 11.1 Å². The Morgan fingerprint density at radius 2 is 1.79 bits per heavy atom. The molecule has 0 bridgehead atoms. The number of carbonyl (C=O) groups excluding carboxylic acids is 1. The fourth-order valence-electron chi connectivity index (χ4n) is 2.27. The largest absolute Gasteiger partial charge is 0.417 e. The van der Waals surface area contributed by atoms with Crippen LogP contribution in [0, 0.1) is 0 Å². The highest BCUT2D eigenvalue weighted by Gasteiger charge is 2.34. The topological polar surface area (TPSA) is 38.3 Å². The first-order chi connectivity index (χ1) is 11.3. The Bertz CT molecular complexity index is 719. The summed E-state index contributed by atoms with van der Waals surface area (Å²) in [6, 6.07) is 11.5. The first kappa shape index (κ1) is 18.3. The van der Waals surface area contributed by atoms with Gasteiger partial charge in [0.15, 0.2) is 0 Å². The van der Waals surface area contributed by atoms with Crippen molar-refractivity contribution in [2.75, 3.05) is 13.7 Å². The van der Waals surface area contributed by atoms with Crippen molar-refractivity contribution in [2.24, 2.45) is 0 Å². The summed E-state index contributed by atoms with van der Waals surface area (Å²) in [5.74, 6) is -0.822. The highest BCUT2D eigenvalue weighted by atomic mass is 35.5. The summed E-state index contributed by atoms with van der Waals surface area (Å²) in [7, 11) is 1.43. The standard InChI is InChI=1S/C17H15ClF3NO2/c1-24-15(12-7-3-5-9-14(12)18)10-22-16(23)11-6-2-4-8-13(11)17(19,20)21/h2-9,15H,10H2,1H3,(H,22,23)/t15-/m1/s1. The van der Waals surface area contributed by atoms with Gasteiger partial charge in [-0.05, 0) is 18.2 Å². The second-order valence-electron chi connectivity index (χ2n) is 5.00. The summed E-state index contributed by atoms with van der Waals surface area (Å²) in [6.07, 6.45) is -5.17. The molecular formula is C17H15ClF3NO2. The third-order valence-corrected chi connectivity index (χ3v) is 3.81. The van der Waals surface area contributed by atoms with Crippen LogP contribution < -0.4 is 5.32 Å². The van der Waals surface area contributed by atoms with Gasteiger partial charge in [-0.2, -0.15) is 13.2 Å². The molecule has 7 heteroatoms. The summed E-state index contributed by atoms with van der Waals surface area (Å²) >= 11 is 6.07. The molecule has 24 heavy (non-hydrogen) atoms. The average molecular weight is 358 g/mol. The van der Waals surface area contributed by atoms with Crippen LogP contribution >= 0.6 is 11.6 Å². The van der Waals surface area contributed by atoms with Gasteiger partial charge in [0.25, 0.3) is 5.91 Å². The molecule has 2 rings (SSSR count). The fourth-order valence-corrected chi connectivity index (χ4v) is 2.52. The molecule has 0 saturated heterocycles. The number of halogens is 4. The Labute approximate surface area is 142 Å². The van der Waals surface area contributed by atoms with E-state index >= 15 is 0 Å². The lowest BCUT2D eigenvalue weighted by Crippen LogP contribution is -2.30. The number of methoxy groups -OCH3 is 1. The molecule has 2 aromatic carbocycles. The minimum Gasteiger partial charge on any atom is -0.375 e. The second kappa shape index (κ2) is 7.68. The molecule has 0 fully saturated rings. The zero-order valence-electron chi connectivity index (χ0n) is 12.7. The molecular weight excluding hydrogens is 343 g/mol. The molecule has 0 saturated carbocycles. The van der Waals surface area contributed by atoms with Crippen LogP contribution in [0.2, 0.25) is 5.02 Å².